The van der Waals surface area contributed by atoms with E-state index in [9.17, 15) is 13.2 Å². The first kappa shape index (κ1) is 19.1. The Morgan fingerprint density at radius 2 is 1.76 bits per heavy atom. The van der Waals surface area contributed by atoms with Crippen LogP contribution >= 0.6 is 11.3 Å². The summed E-state index contributed by atoms with van der Waals surface area (Å²) in [5.41, 5.74) is 0.499. The van der Waals surface area contributed by atoms with Crippen molar-refractivity contribution in [1.82, 2.24) is 15.5 Å². The number of carbonyl (C=O) groups excluding carboxylic acids is 1. The van der Waals surface area contributed by atoms with Crippen LogP contribution in [0.5, 0.6) is 0 Å². The van der Waals surface area contributed by atoms with E-state index in [0.29, 0.717) is 16.6 Å². The third kappa shape index (κ3) is 5.40. The van der Waals surface area contributed by atoms with Gasteiger partial charge in [-0.2, -0.15) is 0 Å². The molecule has 0 bridgehead atoms. The summed E-state index contributed by atoms with van der Waals surface area (Å²) in [6.45, 7) is 7.68. The fourth-order valence-electron chi connectivity index (χ4n) is 1.77. The lowest BCUT2D eigenvalue weighted by molar-refractivity contribution is 0.246. The number of amides is 2. The molecule has 1 unspecified atom stereocenters. The van der Waals surface area contributed by atoms with Gasteiger partial charge in [0.1, 0.15) is 5.01 Å². The summed E-state index contributed by atoms with van der Waals surface area (Å²) in [6.07, 6.45) is 0. The van der Waals surface area contributed by atoms with Crippen molar-refractivity contribution in [1.29, 1.82) is 0 Å². The lowest BCUT2D eigenvalue weighted by Crippen LogP contribution is -2.38. The molecule has 1 aromatic heterocycles. The molecule has 1 aromatic carbocycles. The molecule has 2 amide bonds. The van der Waals surface area contributed by atoms with Crippen LogP contribution in [-0.4, -0.2) is 30.7 Å². The lowest BCUT2D eigenvalue weighted by Gasteiger charge is -2.17. The molecule has 0 saturated carbocycles. The van der Waals surface area contributed by atoms with Crippen LogP contribution in [0.4, 0.5) is 15.6 Å². The summed E-state index contributed by atoms with van der Waals surface area (Å²) in [4.78, 5) is 12.0. The van der Waals surface area contributed by atoms with Gasteiger partial charge >= 0.3 is 6.03 Å². The minimum absolute atomic E-state index is 0.0270. The zero-order valence-corrected chi connectivity index (χ0v) is 16.0. The van der Waals surface area contributed by atoms with Gasteiger partial charge in [0.15, 0.2) is 0 Å². The van der Waals surface area contributed by atoms with Gasteiger partial charge in [-0.25, -0.2) is 13.2 Å². The number of hydrogen-bond acceptors (Lipinski definition) is 6. The van der Waals surface area contributed by atoms with Crippen molar-refractivity contribution < 1.29 is 13.2 Å². The van der Waals surface area contributed by atoms with E-state index in [-0.39, 0.29) is 22.1 Å². The Morgan fingerprint density at radius 1 is 1.12 bits per heavy atom. The predicted octanol–water partition coefficient (Wildman–Crippen LogP) is 2.81. The summed E-state index contributed by atoms with van der Waals surface area (Å²) >= 11 is 1.15. The van der Waals surface area contributed by atoms with E-state index in [1.165, 1.54) is 24.3 Å². The van der Waals surface area contributed by atoms with E-state index < -0.39 is 10.0 Å². The monoisotopic (exact) mass is 383 g/mol. The number of rotatable bonds is 6. The van der Waals surface area contributed by atoms with Crippen LogP contribution in [0.3, 0.4) is 0 Å². The second kappa shape index (κ2) is 7.79. The number of aromatic nitrogens is 2. The molecular formula is C15H21N5O3S2. The molecule has 1 heterocycles. The van der Waals surface area contributed by atoms with Crippen molar-refractivity contribution in [2.24, 2.45) is 5.92 Å². The summed E-state index contributed by atoms with van der Waals surface area (Å²) in [6, 6.07) is 5.58. The van der Waals surface area contributed by atoms with E-state index in [4.69, 9.17) is 0 Å². The largest absolute Gasteiger partial charge is 0.335 e. The molecule has 0 spiro atoms. The molecule has 0 aliphatic carbocycles. The molecule has 3 N–H and O–H groups in total. The van der Waals surface area contributed by atoms with Gasteiger partial charge in [-0.3, -0.25) is 4.72 Å². The number of benzene rings is 1. The van der Waals surface area contributed by atoms with E-state index >= 15 is 0 Å². The van der Waals surface area contributed by atoms with Crippen molar-refractivity contribution in [3.8, 4) is 0 Å². The van der Waals surface area contributed by atoms with Gasteiger partial charge in [0.2, 0.25) is 5.13 Å². The molecule has 0 radical (unpaired) electrons. The number of anilines is 2. The smallest absolute Gasteiger partial charge is 0.319 e. The third-order valence-corrected chi connectivity index (χ3v) is 5.77. The standard InChI is InChI=1S/C15H21N5O3S2/c1-9(2)10(3)16-14(21)17-12-5-7-13(8-6-12)25(22,23)20-15-19-18-11(4)24-15/h5-10H,1-4H3,(H,19,20)(H2,16,17,21). The van der Waals surface area contributed by atoms with Gasteiger partial charge in [0.05, 0.1) is 4.90 Å². The van der Waals surface area contributed by atoms with Gasteiger partial charge in [0.25, 0.3) is 10.0 Å². The number of sulfonamides is 1. The van der Waals surface area contributed by atoms with Crippen LogP contribution in [0, 0.1) is 12.8 Å². The first-order valence-electron chi connectivity index (χ1n) is 7.68. The fraction of sp³-hybridized carbons (Fsp3) is 0.400. The molecule has 2 aromatic rings. The average molecular weight is 383 g/mol. The number of nitrogens with zero attached hydrogens (tertiary/aromatic N) is 2. The molecule has 0 fully saturated rings. The second-order valence-corrected chi connectivity index (χ2v) is 8.75. The highest BCUT2D eigenvalue weighted by molar-refractivity contribution is 7.93. The molecule has 0 saturated heterocycles. The summed E-state index contributed by atoms with van der Waals surface area (Å²) in [5.74, 6) is 0.313. The zero-order chi connectivity index (χ0) is 18.6. The first-order chi connectivity index (χ1) is 11.7. The highest BCUT2D eigenvalue weighted by Crippen LogP contribution is 2.20. The number of hydrogen-bond donors (Lipinski definition) is 3. The van der Waals surface area contributed by atoms with E-state index in [0.717, 1.165) is 11.3 Å². The van der Waals surface area contributed by atoms with Gasteiger partial charge < -0.3 is 10.6 Å². The predicted molar refractivity (Wildman–Crippen MR) is 98.4 cm³/mol. The molecule has 2 rings (SSSR count). The highest BCUT2D eigenvalue weighted by atomic mass is 32.2. The topological polar surface area (TPSA) is 113 Å². The van der Waals surface area contributed by atoms with Crippen LogP contribution in [0.2, 0.25) is 0 Å². The van der Waals surface area contributed by atoms with Crippen LogP contribution in [0.25, 0.3) is 0 Å². The van der Waals surface area contributed by atoms with E-state index in [2.05, 4.69) is 25.6 Å². The maximum absolute atomic E-state index is 12.3. The fourth-order valence-corrected chi connectivity index (χ4v) is 3.59. The number of urea groups is 1. The van der Waals surface area contributed by atoms with Gasteiger partial charge in [-0.15, -0.1) is 10.2 Å². The summed E-state index contributed by atoms with van der Waals surface area (Å²) < 4.78 is 27.0. The third-order valence-electron chi connectivity index (χ3n) is 3.53. The van der Waals surface area contributed by atoms with Crippen LogP contribution in [0.1, 0.15) is 25.8 Å². The number of carbonyl (C=O) groups is 1. The Hall–Kier alpha value is -2.20. The maximum Gasteiger partial charge on any atom is 0.319 e. The first-order valence-corrected chi connectivity index (χ1v) is 9.98. The Labute approximate surface area is 151 Å². The molecule has 0 aliphatic heterocycles. The molecule has 10 heteroatoms. The zero-order valence-electron chi connectivity index (χ0n) is 14.4. The van der Waals surface area contributed by atoms with Crippen LogP contribution in [-0.2, 0) is 10.0 Å². The van der Waals surface area contributed by atoms with Crippen LogP contribution in [0.15, 0.2) is 29.2 Å². The quantitative estimate of drug-likeness (QED) is 0.710. The number of nitrogens with one attached hydrogen (secondary N) is 3. The Bertz CT molecular complexity index is 831. The second-order valence-electron chi connectivity index (χ2n) is 5.89. The normalized spacial score (nSPS) is 12.7. The molecule has 25 heavy (non-hydrogen) atoms. The minimum Gasteiger partial charge on any atom is -0.335 e. The van der Waals surface area contributed by atoms with E-state index in [1.807, 2.05) is 20.8 Å². The average Bonchev–Trinajstić information content (AvgIpc) is 2.91. The molecular weight excluding hydrogens is 362 g/mol. The maximum atomic E-state index is 12.3. The molecule has 1 atom stereocenters. The van der Waals surface area contributed by atoms with Crippen molar-refractivity contribution in [2.45, 2.75) is 38.6 Å². The Morgan fingerprint density at radius 3 is 2.28 bits per heavy atom. The SMILES string of the molecule is Cc1nnc(NS(=O)(=O)c2ccc(NC(=O)NC(C)C(C)C)cc2)s1. The van der Waals surface area contributed by atoms with Crippen molar-refractivity contribution in [3.63, 3.8) is 0 Å². The van der Waals surface area contributed by atoms with Crippen molar-refractivity contribution in [3.05, 3.63) is 29.3 Å². The van der Waals surface area contributed by atoms with E-state index in [1.54, 1.807) is 6.92 Å². The van der Waals surface area contributed by atoms with Crippen LogP contribution < -0.4 is 15.4 Å². The molecule has 8 nitrogen and oxygen atoms in total. The summed E-state index contributed by atoms with van der Waals surface area (Å²) in [7, 11) is -3.75. The van der Waals surface area contributed by atoms with Gasteiger partial charge in [-0.05, 0) is 44.0 Å². The van der Waals surface area contributed by atoms with Crippen molar-refractivity contribution >= 4 is 38.2 Å². The Balaban J connectivity index is 2.02. The highest BCUT2D eigenvalue weighted by Gasteiger charge is 2.17. The lowest BCUT2D eigenvalue weighted by atomic mass is 10.1. The minimum atomic E-state index is -3.75. The van der Waals surface area contributed by atoms with Crippen molar-refractivity contribution in [2.75, 3.05) is 10.0 Å². The van der Waals surface area contributed by atoms with Gasteiger partial charge in [-0.1, -0.05) is 25.2 Å². The van der Waals surface area contributed by atoms with Gasteiger partial charge in [0, 0.05) is 11.7 Å². The number of aryl methyl sites for hydroxylation is 1. The molecule has 136 valence electrons. The summed E-state index contributed by atoms with van der Waals surface area (Å²) in [5, 5.41) is 13.9. The molecule has 0 aliphatic rings. The Kier molecular flexibility index (Phi) is 5.96.